The second kappa shape index (κ2) is 23.3. The maximum atomic E-state index is 10.4. The van der Waals surface area contributed by atoms with E-state index in [-0.39, 0.29) is 37.3 Å². The van der Waals surface area contributed by atoms with Crippen LogP contribution in [0.3, 0.4) is 0 Å². The normalized spacial score (nSPS) is 28.4. The smallest absolute Gasteiger partial charge is 1.00 e. The zero-order chi connectivity index (χ0) is 24.3. The molecule has 3 fully saturated rings. The van der Waals surface area contributed by atoms with Crippen molar-refractivity contribution in [2.75, 3.05) is 118 Å². The average Bonchev–Trinajstić information content (AvgIpc) is 2.93. The van der Waals surface area contributed by atoms with Crippen LogP contribution in [0, 0.1) is 0 Å². The Bertz CT molecular complexity index is 447. The summed E-state index contributed by atoms with van der Waals surface area (Å²) in [5.74, 6) is -0.621. The molecule has 3 rings (SSSR count). The summed E-state index contributed by atoms with van der Waals surface area (Å²) in [7, 11) is 0. The minimum Gasteiger partial charge on any atom is -1.00 e. The summed E-state index contributed by atoms with van der Waals surface area (Å²) >= 11 is 0. The van der Waals surface area contributed by atoms with E-state index in [0.717, 1.165) is 105 Å². The summed E-state index contributed by atoms with van der Waals surface area (Å²) in [6, 6.07) is -0.0218. The van der Waals surface area contributed by atoms with E-state index in [2.05, 4.69) is 42.1 Å². The summed E-state index contributed by atoms with van der Waals surface area (Å²) < 4.78 is 11.4. The van der Waals surface area contributed by atoms with Crippen molar-refractivity contribution < 1.29 is 45.8 Å². The molecule has 13 heteroatoms. The molecule has 0 aromatic heterocycles. The van der Waals surface area contributed by atoms with E-state index >= 15 is 0 Å². The van der Waals surface area contributed by atoms with Gasteiger partial charge in [0.2, 0.25) is 0 Å². The number of hydrogen-bond donors (Lipinski definition) is 8. The topological polar surface area (TPSA) is 126 Å². The van der Waals surface area contributed by atoms with Crippen molar-refractivity contribution in [2.45, 2.75) is 31.8 Å². The molecule has 11 nitrogen and oxygen atoms in total. The molecule has 3 saturated heterocycles. The quantitative estimate of drug-likeness (QED) is 0.154. The maximum Gasteiger partial charge on any atom is 1.00 e. The van der Waals surface area contributed by atoms with E-state index in [1.54, 1.807) is 0 Å². The predicted molar refractivity (Wildman–Crippen MR) is 137 cm³/mol. The van der Waals surface area contributed by atoms with E-state index in [9.17, 15) is 5.11 Å². The maximum absolute atomic E-state index is 10.4. The molecule has 210 valence electrons. The van der Waals surface area contributed by atoms with Gasteiger partial charge in [0.15, 0.2) is 5.79 Å². The van der Waals surface area contributed by atoms with Crippen LogP contribution in [0.2, 0.25) is 0 Å². The molecule has 0 aromatic carbocycles. The van der Waals surface area contributed by atoms with Gasteiger partial charge in [0, 0.05) is 105 Å². The fourth-order valence-corrected chi connectivity index (χ4v) is 4.01. The molecule has 0 amide bonds. The van der Waals surface area contributed by atoms with Crippen molar-refractivity contribution >= 4 is 0 Å². The van der Waals surface area contributed by atoms with Gasteiger partial charge in [-0.05, 0) is 13.8 Å². The number of halogens is 1. The van der Waals surface area contributed by atoms with Gasteiger partial charge in [-0.25, -0.2) is 0 Å². The van der Waals surface area contributed by atoms with Crippen molar-refractivity contribution in [2.24, 2.45) is 0 Å². The van der Waals surface area contributed by atoms with Crippen molar-refractivity contribution in [1.29, 1.82) is 0 Å². The Kier molecular flexibility index (Phi) is 23.6. The minimum absolute atomic E-state index is 0. The Labute approximate surface area is 237 Å². The molecule has 2 atom stereocenters. The van der Waals surface area contributed by atoms with Crippen LogP contribution in [0.5, 0.6) is 0 Å². The number of hydrogen-bond acceptors (Lipinski definition) is 11. The van der Waals surface area contributed by atoms with Gasteiger partial charge in [-0.15, -0.1) is 0 Å². The Morgan fingerprint density at radius 3 is 1.25 bits per heavy atom. The van der Waals surface area contributed by atoms with Gasteiger partial charge >= 0.3 is 18.9 Å². The monoisotopic (exact) mass is 530 g/mol. The number of rotatable bonds is 1. The van der Waals surface area contributed by atoms with E-state index in [1.165, 1.54) is 0 Å². The summed E-state index contributed by atoms with van der Waals surface area (Å²) in [5, 5.41) is 34.1. The summed E-state index contributed by atoms with van der Waals surface area (Å²) in [6.07, 6.45) is -0.517. The van der Waals surface area contributed by atoms with E-state index in [4.69, 9.17) is 9.47 Å². The third-order valence-electron chi connectivity index (χ3n) is 6.14. The van der Waals surface area contributed by atoms with Crippen LogP contribution in [-0.4, -0.2) is 146 Å². The third-order valence-corrected chi connectivity index (χ3v) is 6.14. The number of aliphatic hydroxyl groups excluding tert-OH is 1. The zero-order valence-corrected chi connectivity index (χ0v) is 23.7. The first-order valence-corrected chi connectivity index (χ1v) is 13.2. The van der Waals surface area contributed by atoms with Crippen molar-refractivity contribution in [3.8, 4) is 0 Å². The molecule has 2 unspecified atom stereocenters. The van der Waals surface area contributed by atoms with Gasteiger partial charge in [0.1, 0.15) is 0 Å². The van der Waals surface area contributed by atoms with Crippen LogP contribution in [0.15, 0.2) is 0 Å². The van der Waals surface area contributed by atoms with Crippen LogP contribution >= 0.6 is 0 Å². The largest absolute Gasteiger partial charge is 1.00 e. The van der Waals surface area contributed by atoms with Crippen LogP contribution in [0.1, 0.15) is 13.8 Å². The first-order valence-electron chi connectivity index (χ1n) is 13.2. The Morgan fingerprint density at radius 1 is 0.583 bits per heavy atom. The molecule has 3 aliphatic heterocycles. The molecule has 3 aliphatic rings. The molecule has 8 N–H and O–H groups in total. The predicted octanol–water partition coefficient (Wildman–Crippen LogP) is -9.05. The van der Waals surface area contributed by atoms with Gasteiger partial charge in [-0.3, -0.25) is 4.90 Å². The first kappa shape index (κ1) is 36.4. The number of aliphatic hydroxyl groups is 1. The number of nitrogens with one attached hydrogen (secondary N) is 7. The fourth-order valence-electron chi connectivity index (χ4n) is 4.01. The third kappa shape index (κ3) is 17.9. The number of ether oxygens (including phenoxy) is 2. The van der Waals surface area contributed by atoms with Gasteiger partial charge in [0.25, 0.3) is 0 Å². The standard InChI is InChI=1S/C15H32N4O3.C8H20N4.ClH.Li/c1-15(2)21-11-13(14(20)12-22-15)19-9-7-17-5-3-16-4-6-18-8-10-19;1-2-10-5-6-12-8-7-11-4-3-9-1;;/h13-14,16-18,20H,3-12H2,1-2H3;9-12H,1-8H2;1H;/q;;;+1/p-1. The van der Waals surface area contributed by atoms with Crippen LogP contribution < -0.4 is 68.5 Å². The fraction of sp³-hybridized carbons (Fsp3) is 1.00. The molecule has 0 aliphatic carbocycles. The SMILES string of the molecule is C1CNCCNCCNCCN1.CC1(C)OCC(O)C(N2CCNCCNCCNCC2)CO1.[Cl-].[Li+]. The van der Waals surface area contributed by atoms with Gasteiger partial charge in [0.05, 0.1) is 25.4 Å². The van der Waals surface area contributed by atoms with E-state index < -0.39 is 11.9 Å². The van der Waals surface area contributed by atoms with Gasteiger partial charge in [-0.1, -0.05) is 0 Å². The van der Waals surface area contributed by atoms with E-state index in [0.29, 0.717) is 13.2 Å². The second-order valence-electron chi connectivity index (χ2n) is 9.44. The van der Waals surface area contributed by atoms with Crippen LogP contribution in [0.4, 0.5) is 0 Å². The molecular formula is C23H52ClLiN8O3. The van der Waals surface area contributed by atoms with Crippen LogP contribution in [-0.2, 0) is 9.47 Å². The Balaban J connectivity index is 0.000000750. The van der Waals surface area contributed by atoms with Gasteiger partial charge in [-0.2, -0.15) is 0 Å². The zero-order valence-electron chi connectivity index (χ0n) is 23.0. The van der Waals surface area contributed by atoms with Crippen molar-refractivity contribution in [3.05, 3.63) is 0 Å². The Morgan fingerprint density at radius 2 is 0.889 bits per heavy atom. The van der Waals surface area contributed by atoms with Crippen molar-refractivity contribution in [1.82, 2.24) is 42.1 Å². The first-order chi connectivity index (χ1) is 16.6. The molecule has 0 saturated carbocycles. The Hall–Kier alpha value is 0.447. The molecule has 0 spiro atoms. The summed E-state index contributed by atoms with van der Waals surface area (Å²) in [4.78, 5) is 2.31. The molecule has 3 heterocycles. The summed E-state index contributed by atoms with van der Waals surface area (Å²) in [6.45, 7) is 20.7. The van der Waals surface area contributed by atoms with Gasteiger partial charge < -0.3 is 64.2 Å². The number of nitrogens with zero attached hydrogens (tertiary/aromatic N) is 1. The van der Waals surface area contributed by atoms with E-state index in [1.807, 2.05) is 13.8 Å². The molecule has 0 radical (unpaired) electrons. The van der Waals surface area contributed by atoms with Crippen LogP contribution in [0.25, 0.3) is 0 Å². The molecule has 0 aromatic rings. The van der Waals surface area contributed by atoms with Crippen molar-refractivity contribution in [3.63, 3.8) is 0 Å². The average molecular weight is 531 g/mol. The minimum atomic E-state index is -0.621. The molecule has 36 heavy (non-hydrogen) atoms. The molecule has 0 bridgehead atoms. The molecular weight excluding hydrogens is 479 g/mol. The second-order valence-corrected chi connectivity index (χ2v) is 9.44. The summed E-state index contributed by atoms with van der Waals surface area (Å²) in [5.41, 5.74) is 0.